The van der Waals surface area contributed by atoms with Crippen LogP contribution in [0.25, 0.3) is 0 Å². The molecule has 254 valence electrons. The Balaban J connectivity index is 1.58. The minimum absolute atomic E-state index is 0.00335. The smallest absolute Gasteiger partial charge is 0.416 e. The van der Waals surface area contributed by atoms with Crippen molar-refractivity contribution in [3.63, 3.8) is 0 Å². The van der Waals surface area contributed by atoms with E-state index in [4.69, 9.17) is 9.47 Å². The van der Waals surface area contributed by atoms with Crippen molar-refractivity contribution in [2.75, 3.05) is 43.9 Å². The first-order chi connectivity index (χ1) is 22.1. The predicted octanol–water partition coefficient (Wildman–Crippen LogP) is 4.83. The number of benzene rings is 3. The van der Waals surface area contributed by atoms with Crippen molar-refractivity contribution in [1.29, 1.82) is 0 Å². The van der Waals surface area contributed by atoms with E-state index in [2.05, 4.69) is 10.0 Å². The maximum atomic E-state index is 13.5. The molecule has 0 spiro atoms. The third kappa shape index (κ3) is 8.86. The summed E-state index contributed by atoms with van der Waals surface area (Å²) in [6.45, 7) is 3.44. The highest BCUT2D eigenvalue weighted by molar-refractivity contribution is 7.92. The van der Waals surface area contributed by atoms with E-state index in [1.807, 2.05) is 6.92 Å². The number of methoxy groups -OCH3 is 1. The Hall–Kier alpha value is -4.50. The third-order valence-corrected chi connectivity index (χ3v) is 9.20. The number of sulfonamides is 1. The second-order valence-electron chi connectivity index (χ2n) is 11.4. The zero-order chi connectivity index (χ0) is 34.5. The van der Waals surface area contributed by atoms with Crippen molar-refractivity contribution in [3.05, 3.63) is 77.9 Å². The molecule has 1 heterocycles. The van der Waals surface area contributed by atoms with Gasteiger partial charge in [-0.15, -0.1) is 0 Å². The molecule has 0 aromatic heterocycles. The van der Waals surface area contributed by atoms with Crippen LogP contribution in [0.3, 0.4) is 0 Å². The molecule has 0 radical (unpaired) electrons. The number of aliphatic hydroxyl groups is 1. The Morgan fingerprint density at radius 3 is 2.34 bits per heavy atom. The van der Waals surface area contributed by atoms with Crippen LogP contribution in [-0.4, -0.2) is 81.3 Å². The topological polar surface area (TPSA) is 138 Å². The molecule has 4 rings (SSSR count). The largest absolute Gasteiger partial charge is 0.497 e. The minimum atomic E-state index is -4.51. The molecule has 47 heavy (non-hydrogen) atoms. The molecule has 1 aliphatic rings. The molecule has 3 N–H and O–H groups in total. The van der Waals surface area contributed by atoms with Gasteiger partial charge in [-0.25, -0.2) is 13.2 Å². The van der Waals surface area contributed by atoms with Gasteiger partial charge in [0.05, 0.1) is 43.2 Å². The summed E-state index contributed by atoms with van der Waals surface area (Å²) in [4.78, 5) is 29.3. The molecule has 3 amide bonds. The van der Waals surface area contributed by atoms with Crippen LogP contribution in [0, 0.1) is 5.92 Å². The van der Waals surface area contributed by atoms with Crippen molar-refractivity contribution < 1.29 is 45.8 Å². The first-order valence-electron chi connectivity index (χ1n) is 14.7. The summed E-state index contributed by atoms with van der Waals surface area (Å²) < 4.78 is 79.0. The van der Waals surface area contributed by atoms with E-state index in [0.717, 1.165) is 24.3 Å². The highest BCUT2D eigenvalue weighted by Crippen LogP contribution is 2.31. The Bertz CT molecular complexity index is 1670. The van der Waals surface area contributed by atoms with E-state index in [1.54, 1.807) is 13.0 Å². The summed E-state index contributed by atoms with van der Waals surface area (Å²) in [6.07, 6.45) is -5.34. The number of halogens is 3. The first kappa shape index (κ1) is 35.4. The summed E-state index contributed by atoms with van der Waals surface area (Å²) in [6, 6.07) is 13.3. The average molecular weight is 679 g/mol. The second-order valence-corrected chi connectivity index (χ2v) is 13.1. The molecule has 0 unspecified atom stereocenters. The van der Waals surface area contributed by atoms with Crippen LogP contribution < -0.4 is 19.5 Å². The number of urea groups is 1. The summed E-state index contributed by atoms with van der Waals surface area (Å²) in [5.74, 6) is 0.128. The number of hydrogen-bond donors (Lipinski definition) is 3. The summed E-state index contributed by atoms with van der Waals surface area (Å²) in [5, 5.41) is 12.5. The van der Waals surface area contributed by atoms with E-state index >= 15 is 0 Å². The van der Waals surface area contributed by atoms with Gasteiger partial charge in [-0.05, 0) is 73.7 Å². The van der Waals surface area contributed by atoms with Crippen LogP contribution in [0.4, 0.5) is 29.3 Å². The second kappa shape index (κ2) is 14.5. The standard InChI is InChI=1S/C32H37F3N4O7S/c1-20-17-39(21(2)19-40)30(41)16-22-15-25(37-47(43,44)27-12-10-26(45-4)11-13-27)9-14-28(22)46-29(20)18-38(3)31(42)36-24-7-5-23(6-8-24)32(33,34)35/h5-15,20-21,29,37,40H,16-19H2,1-4H3,(H,36,42)/t20-,21+,29-/m0/s1. The van der Waals surface area contributed by atoms with Gasteiger partial charge < -0.3 is 29.7 Å². The van der Waals surface area contributed by atoms with E-state index in [0.29, 0.717) is 17.1 Å². The molecule has 3 aromatic carbocycles. The van der Waals surface area contributed by atoms with Crippen LogP contribution >= 0.6 is 0 Å². The van der Waals surface area contributed by atoms with Crippen molar-refractivity contribution in [1.82, 2.24) is 9.80 Å². The van der Waals surface area contributed by atoms with Gasteiger partial charge in [-0.3, -0.25) is 9.52 Å². The van der Waals surface area contributed by atoms with Gasteiger partial charge in [-0.1, -0.05) is 6.92 Å². The number of fused-ring (bicyclic) bond motifs is 1. The van der Waals surface area contributed by atoms with Crippen LogP contribution in [0.2, 0.25) is 0 Å². The van der Waals surface area contributed by atoms with Gasteiger partial charge in [0.1, 0.15) is 17.6 Å². The van der Waals surface area contributed by atoms with Crippen LogP contribution in [0.5, 0.6) is 11.5 Å². The first-order valence-corrected chi connectivity index (χ1v) is 16.2. The fourth-order valence-corrected chi connectivity index (χ4v) is 6.04. The number of ether oxygens (including phenoxy) is 2. The molecule has 3 atom stereocenters. The monoisotopic (exact) mass is 678 g/mol. The van der Waals surface area contributed by atoms with E-state index in [1.165, 1.54) is 60.4 Å². The van der Waals surface area contributed by atoms with Gasteiger partial charge in [-0.2, -0.15) is 13.2 Å². The van der Waals surface area contributed by atoms with Gasteiger partial charge in [0.15, 0.2) is 0 Å². The van der Waals surface area contributed by atoms with Crippen molar-refractivity contribution in [2.45, 2.75) is 43.5 Å². The summed E-state index contributed by atoms with van der Waals surface area (Å²) in [5.41, 5.74) is -0.101. The number of carbonyl (C=O) groups is 2. The van der Waals surface area contributed by atoms with Crippen molar-refractivity contribution in [2.24, 2.45) is 5.92 Å². The molecule has 0 saturated carbocycles. The minimum Gasteiger partial charge on any atom is -0.497 e. The Morgan fingerprint density at radius 1 is 1.11 bits per heavy atom. The van der Waals surface area contributed by atoms with Gasteiger partial charge >= 0.3 is 12.2 Å². The highest BCUT2D eigenvalue weighted by Gasteiger charge is 2.33. The van der Waals surface area contributed by atoms with E-state index < -0.39 is 39.9 Å². The SMILES string of the molecule is COc1ccc(S(=O)(=O)Nc2ccc3c(c2)CC(=O)N([C@H](C)CO)C[C@H](C)[C@H](CN(C)C(=O)Nc2ccc(C(F)(F)F)cc2)O3)cc1. The van der Waals surface area contributed by atoms with E-state index in [-0.39, 0.29) is 54.2 Å². The lowest BCUT2D eigenvalue weighted by molar-refractivity contribution is -0.137. The summed E-state index contributed by atoms with van der Waals surface area (Å²) in [7, 11) is -1.03. The number of nitrogens with zero attached hydrogens (tertiary/aromatic N) is 2. The van der Waals surface area contributed by atoms with Crippen molar-refractivity contribution >= 4 is 33.3 Å². The zero-order valence-corrected chi connectivity index (χ0v) is 27.1. The fourth-order valence-electron chi connectivity index (χ4n) is 4.99. The molecule has 15 heteroatoms. The number of rotatable bonds is 9. The lowest BCUT2D eigenvalue weighted by atomic mass is 10.0. The number of alkyl halides is 3. The molecule has 0 aliphatic carbocycles. The van der Waals surface area contributed by atoms with Crippen molar-refractivity contribution in [3.8, 4) is 11.5 Å². The van der Waals surface area contributed by atoms with Crippen LogP contribution in [-0.2, 0) is 27.4 Å². The molecular weight excluding hydrogens is 641 g/mol. The van der Waals surface area contributed by atoms with Gasteiger partial charge in [0.25, 0.3) is 10.0 Å². The van der Waals surface area contributed by atoms with Crippen LogP contribution in [0.1, 0.15) is 25.0 Å². The molecule has 0 saturated heterocycles. The Labute approximate surface area is 271 Å². The van der Waals surface area contributed by atoms with Gasteiger partial charge in [0.2, 0.25) is 5.91 Å². The summed E-state index contributed by atoms with van der Waals surface area (Å²) >= 11 is 0. The predicted molar refractivity (Wildman–Crippen MR) is 169 cm³/mol. The lowest BCUT2D eigenvalue weighted by Gasteiger charge is -2.34. The average Bonchev–Trinajstić information content (AvgIpc) is 3.07. The lowest BCUT2D eigenvalue weighted by Crippen LogP contribution is -2.48. The number of carbonyl (C=O) groups excluding carboxylic acids is 2. The number of hydrogen-bond acceptors (Lipinski definition) is 7. The molecule has 0 fully saturated rings. The number of amides is 3. The zero-order valence-electron chi connectivity index (χ0n) is 26.2. The molecule has 1 aliphatic heterocycles. The van der Waals surface area contributed by atoms with Gasteiger partial charge in [0, 0.05) is 36.4 Å². The Morgan fingerprint density at radius 2 is 1.74 bits per heavy atom. The molecule has 0 bridgehead atoms. The molecular formula is C32H37F3N4O7S. The number of likely N-dealkylation sites (N-methyl/N-ethyl adjacent to an activating group) is 1. The number of aliphatic hydroxyl groups excluding tert-OH is 1. The third-order valence-electron chi connectivity index (χ3n) is 7.80. The highest BCUT2D eigenvalue weighted by atomic mass is 32.2. The number of anilines is 2. The Kier molecular flexibility index (Phi) is 10.9. The quantitative estimate of drug-likeness (QED) is 0.295. The maximum Gasteiger partial charge on any atom is 0.416 e. The van der Waals surface area contributed by atoms with E-state index in [9.17, 15) is 36.3 Å². The van der Waals surface area contributed by atoms with Crippen LogP contribution in [0.15, 0.2) is 71.6 Å². The number of nitrogens with one attached hydrogen (secondary N) is 2. The normalized spacial score (nSPS) is 17.7. The molecule has 3 aromatic rings. The maximum absolute atomic E-state index is 13.5. The fraction of sp³-hybridized carbons (Fsp3) is 0.375. The molecule has 11 nitrogen and oxygen atoms in total.